The van der Waals surface area contributed by atoms with Crippen LogP contribution in [0.5, 0.6) is 0 Å². The van der Waals surface area contributed by atoms with Gasteiger partial charge in [-0.15, -0.1) is 0 Å². The quantitative estimate of drug-likeness (QED) is 0.438. The van der Waals surface area contributed by atoms with E-state index in [0.717, 1.165) is 35.0 Å². The normalized spacial score (nSPS) is 20.4. The summed E-state index contributed by atoms with van der Waals surface area (Å²) in [6.07, 6.45) is 3.64. The van der Waals surface area contributed by atoms with Crippen molar-refractivity contribution in [2.75, 3.05) is 30.3 Å². The Morgan fingerprint density at radius 3 is 2.46 bits per heavy atom. The van der Waals surface area contributed by atoms with Crippen LogP contribution in [0.4, 0.5) is 29.6 Å². The number of hydrogen-bond acceptors (Lipinski definition) is 6. The number of pyridine rings is 2. The Labute approximate surface area is 236 Å². The number of carbonyl (C=O) groups excluding carboxylic acids is 1. The minimum atomic E-state index is -4.13. The Bertz CT molecular complexity index is 1570. The number of rotatable bonds is 6. The molecule has 1 aromatic carbocycles. The molecular weight excluding hydrogens is 557 g/mol. The van der Waals surface area contributed by atoms with Gasteiger partial charge in [0, 0.05) is 44.4 Å². The molecule has 0 bridgehead atoms. The standard InChI is InChI=1S/C28H31F3N6O3S/c1-16-7-9-20(10-8-16)41(39,40)37-15-22(21-11-17(29)14-32-27(21)37)25-23(30)13-24(31)26(35-25)33-18-5-4-6-19(12-18)34-28(38)36(2)3/h7-11,13-14,18-19,22H,4-6,12,15H2,1-3H3,(H,33,35)(H,34,38). The molecule has 41 heavy (non-hydrogen) atoms. The number of hydrogen-bond donors (Lipinski definition) is 2. The largest absolute Gasteiger partial charge is 0.365 e. The van der Waals surface area contributed by atoms with Crippen molar-refractivity contribution >= 4 is 27.7 Å². The third-order valence-electron chi connectivity index (χ3n) is 7.47. The van der Waals surface area contributed by atoms with Gasteiger partial charge in [-0.2, -0.15) is 0 Å². The predicted molar refractivity (Wildman–Crippen MR) is 148 cm³/mol. The molecule has 1 aliphatic carbocycles. The first-order valence-electron chi connectivity index (χ1n) is 13.3. The molecule has 1 fully saturated rings. The molecule has 2 N–H and O–H groups in total. The number of sulfonamides is 1. The molecule has 2 aromatic heterocycles. The zero-order chi connectivity index (χ0) is 29.5. The highest BCUT2D eigenvalue weighted by Crippen LogP contribution is 2.42. The average molecular weight is 589 g/mol. The smallest absolute Gasteiger partial charge is 0.317 e. The Hall–Kier alpha value is -3.87. The van der Waals surface area contributed by atoms with Crippen LogP contribution < -0.4 is 14.9 Å². The molecule has 0 radical (unpaired) electrons. The van der Waals surface area contributed by atoms with E-state index in [2.05, 4.69) is 20.6 Å². The second-order valence-corrected chi connectivity index (χ2v) is 12.6. The molecule has 2 aliphatic rings. The zero-order valence-electron chi connectivity index (χ0n) is 22.9. The van der Waals surface area contributed by atoms with Gasteiger partial charge in [-0.05, 0) is 50.8 Å². The number of nitrogens with one attached hydrogen (secondary N) is 2. The number of fused-ring (bicyclic) bond motifs is 1. The summed E-state index contributed by atoms with van der Waals surface area (Å²) >= 11 is 0. The third-order valence-corrected chi connectivity index (χ3v) is 9.24. The van der Waals surface area contributed by atoms with Crippen LogP contribution in [0, 0.1) is 24.4 Å². The number of benzene rings is 1. The van der Waals surface area contributed by atoms with Crippen LogP contribution in [0.15, 0.2) is 47.5 Å². The molecule has 13 heteroatoms. The third kappa shape index (κ3) is 5.81. The molecule has 5 rings (SSSR count). The van der Waals surface area contributed by atoms with Crippen molar-refractivity contribution in [1.82, 2.24) is 20.2 Å². The van der Waals surface area contributed by atoms with Gasteiger partial charge in [-0.25, -0.2) is 40.7 Å². The van der Waals surface area contributed by atoms with Gasteiger partial charge in [0.15, 0.2) is 11.6 Å². The lowest BCUT2D eigenvalue weighted by Gasteiger charge is -2.31. The molecule has 3 atom stereocenters. The summed E-state index contributed by atoms with van der Waals surface area (Å²) in [5.41, 5.74) is 0.775. The second kappa shape index (κ2) is 11.2. The molecule has 1 aliphatic heterocycles. The molecule has 3 unspecified atom stereocenters. The lowest BCUT2D eigenvalue weighted by atomic mass is 9.91. The van der Waals surface area contributed by atoms with E-state index in [0.29, 0.717) is 18.9 Å². The summed E-state index contributed by atoms with van der Waals surface area (Å²) < 4.78 is 72.7. The predicted octanol–water partition coefficient (Wildman–Crippen LogP) is 4.54. The molecular formula is C28H31F3N6O3S. The summed E-state index contributed by atoms with van der Waals surface area (Å²) in [7, 11) is -0.845. The van der Waals surface area contributed by atoms with Crippen LogP contribution >= 0.6 is 0 Å². The molecule has 0 spiro atoms. The van der Waals surface area contributed by atoms with Crippen molar-refractivity contribution in [2.45, 2.75) is 55.5 Å². The van der Waals surface area contributed by atoms with Crippen LogP contribution in [0.3, 0.4) is 0 Å². The van der Waals surface area contributed by atoms with Crippen molar-refractivity contribution in [1.29, 1.82) is 0 Å². The number of nitrogens with zero attached hydrogens (tertiary/aromatic N) is 4. The van der Waals surface area contributed by atoms with Gasteiger partial charge in [0.1, 0.15) is 17.5 Å². The summed E-state index contributed by atoms with van der Waals surface area (Å²) in [6.45, 7) is 1.53. The van der Waals surface area contributed by atoms with E-state index in [-0.39, 0.29) is 52.4 Å². The summed E-state index contributed by atoms with van der Waals surface area (Å²) in [4.78, 5) is 21.8. The van der Waals surface area contributed by atoms with E-state index >= 15 is 4.39 Å². The fraction of sp³-hybridized carbons (Fsp3) is 0.393. The first-order chi connectivity index (χ1) is 19.4. The number of urea groups is 1. The fourth-order valence-corrected chi connectivity index (χ4v) is 6.78. The van der Waals surface area contributed by atoms with E-state index in [1.165, 1.54) is 17.0 Å². The maximum atomic E-state index is 15.3. The number of carbonyl (C=O) groups is 1. The highest BCUT2D eigenvalue weighted by molar-refractivity contribution is 7.92. The van der Waals surface area contributed by atoms with Gasteiger partial charge in [-0.1, -0.05) is 17.7 Å². The molecule has 2 amide bonds. The molecule has 1 saturated carbocycles. The van der Waals surface area contributed by atoms with Crippen LogP contribution in [0.25, 0.3) is 0 Å². The molecule has 3 aromatic rings. The fourth-order valence-electron chi connectivity index (χ4n) is 5.32. The maximum Gasteiger partial charge on any atom is 0.317 e. The second-order valence-electron chi connectivity index (χ2n) is 10.7. The first-order valence-corrected chi connectivity index (χ1v) is 14.7. The zero-order valence-corrected chi connectivity index (χ0v) is 23.7. The number of aryl methyl sites for hydroxylation is 1. The monoisotopic (exact) mass is 588 g/mol. The summed E-state index contributed by atoms with van der Waals surface area (Å²) in [6, 6.07) is 7.42. The first kappa shape index (κ1) is 28.7. The van der Waals surface area contributed by atoms with Gasteiger partial charge in [0.2, 0.25) is 0 Å². The van der Waals surface area contributed by atoms with E-state index in [1.54, 1.807) is 26.2 Å². The lowest BCUT2D eigenvalue weighted by molar-refractivity contribution is 0.208. The molecule has 9 nitrogen and oxygen atoms in total. The number of amides is 2. The van der Waals surface area contributed by atoms with Crippen molar-refractivity contribution in [2.24, 2.45) is 0 Å². The molecule has 218 valence electrons. The highest BCUT2D eigenvalue weighted by Gasteiger charge is 2.41. The van der Waals surface area contributed by atoms with Gasteiger partial charge < -0.3 is 15.5 Å². The minimum Gasteiger partial charge on any atom is -0.365 e. The summed E-state index contributed by atoms with van der Waals surface area (Å²) in [5.74, 6) is -3.89. The minimum absolute atomic E-state index is 0.00364. The number of aromatic nitrogens is 2. The van der Waals surface area contributed by atoms with Crippen molar-refractivity contribution in [3.8, 4) is 0 Å². The Morgan fingerprint density at radius 1 is 1.05 bits per heavy atom. The lowest BCUT2D eigenvalue weighted by Crippen LogP contribution is -2.45. The van der Waals surface area contributed by atoms with E-state index in [1.807, 2.05) is 6.92 Å². The summed E-state index contributed by atoms with van der Waals surface area (Å²) in [5, 5.41) is 5.98. The Kier molecular flexibility index (Phi) is 7.82. The van der Waals surface area contributed by atoms with Gasteiger partial charge >= 0.3 is 6.03 Å². The SMILES string of the molecule is Cc1ccc(S(=O)(=O)N2CC(c3nc(NC4CCCC(NC(=O)N(C)C)C4)c(F)cc3F)c3cc(F)cnc32)cc1. The van der Waals surface area contributed by atoms with E-state index in [4.69, 9.17) is 0 Å². The molecule has 3 heterocycles. The molecule has 0 saturated heterocycles. The van der Waals surface area contributed by atoms with Crippen molar-refractivity contribution in [3.63, 3.8) is 0 Å². The topological polar surface area (TPSA) is 108 Å². The van der Waals surface area contributed by atoms with E-state index in [9.17, 15) is 22.0 Å². The Balaban J connectivity index is 1.45. The number of anilines is 2. The van der Waals surface area contributed by atoms with Crippen LogP contribution in [-0.4, -0.2) is 62.0 Å². The Morgan fingerprint density at radius 2 is 1.76 bits per heavy atom. The number of halogens is 3. The van der Waals surface area contributed by atoms with Crippen molar-refractivity contribution in [3.05, 3.63) is 76.9 Å². The van der Waals surface area contributed by atoms with Gasteiger partial charge in [-0.3, -0.25) is 0 Å². The van der Waals surface area contributed by atoms with E-state index < -0.39 is 33.4 Å². The van der Waals surface area contributed by atoms with Crippen LogP contribution in [0.2, 0.25) is 0 Å². The highest BCUT2D eigenvalue weighted by atomic mass is 32.2. The van der Waals surface area contributed by atoms with Crippen molar-refractivity contribution < 1.29 is 26.4 Å². The van der Waals surface area contributed by atoms with Crippen LogP contribution in [0.1, 0.15) is 48.4 Å². The maximum absolute atomic E-state index is 15.3. The van der Waals surface area contributed by atoms with Gasteiger partial charge in [0.05, 0.1) is 22.7 Å². The average Bonchev–Trinajstić information content (AvgIpc) is 3.30. The van der Waals surface area contributed by atoms with Crippen LogP contribution in [-0.2, 0) is 10.0 Å². The van der Waals surface area contributed by atoms with Gasteiger partial charge in [0.25, 0.3) is 10.0 Å².